The molecule has 2 heterocycles. The summed E-state index contributed by atoms with van der Waals surface area (Å²) >= 11 is 0. The number of piperazine rings is 1. The fraction of sp³-hybridized carbons (Fsp3) is 0.375. The molecule has 0 bridgehead atoms. The number of hydrogen-bond donors (Lipinski definition) is 0. The molecule has 7 nitrogen and oxygen atoms in total. The van der Waals surface area contributed by atoms with Crippen LogP contribution in [0.3, 0.4) is 0 Å². The molecule has 0 unspecified atom stereocenters. The van der Waals surface area contributed by atoms with Gasteiger partial charge in [-0.15, -0.1) is 0 Å². The number of ether oxygens (including phenoxy) is 1. The first-order valence-electron chi connectivity index (χ1n) is 10.7. The van der Waals surface area contributed by atoms with Crippen molar-refractivity contribution in [3.05, 3.63) is 65.7 Å². The fourth-order valence-electron chi connectivity index (χ4n) is 4.00. The molecule has 2 amide bonds. The Morgan fingerprint density at radius 3 is 2.23 bits per heavy atom. The van der Waals surface area contributed by atoms with Crippen molar-refractivity contribution < 1.29 is 19.1 Å². The molecule has 0 saturated carbocycles. The van der Waals surface area contributed by atoms with Gasteiger partial charge in [-0.25, -0.2) is 4.79 Å². The number of amides is 2. The Balaban J connectivity index is 1.21. The summed E-state index contributed by atoms with van der Waals surface area (Å²) in [5, 5.41) is 0. The van der Waals surface area contributed by atoms with Gasteiger partial charge < -0.3 is 14.5 Å². The van der Waals surface area contributed by atoms with Crippen LogP contribution in [-0.4, -0.2) is 66.9 Å². The molecule has 0 spiro atoms. The Hall–Kier alpha value is -3.19. The van der Waals surface area contributed by atoms with Gasteiger partial charge in [0.15, 0.2) is 6.61 Å². The lowest BCUT2D eigenvalue weighted by molar-refractivity contribution is -0.136. The molecule has 0 radical (unpaired) electrons. The maximum Gasteiger partial charge on any atom is 0.338 e. The molecular weight excluding hydrogens is 394 g/mol. The molecule has 2 aromatic carbocycles. The third-order valence-corrected chi connectivity index (χ3v) is 5.79. The maximum atomic E-state index is 12.4. The molecule has 7 heteroatoms. The molecular formula is C24H27N3O4. The van der Waals surface area contributed by atoms with E-state index in [-0.39, 0.29) is 18.4 Å². The standard InChI is InChI=1S/C24H27N3O4/c28-22-7-4-12-27(22)21-10-8-20(9-11-21)24(30)31-18-23(29)26-15-13-25(14-16-26)17-19-5-2-1-3-6-19/h1-3,5-6,8-11H,4,7,12-18H2. The Morgan fingerprint density at radius 2 is 1.58 bits per heavy atom. The van der Waals surface area contributed by atoms with E-state index in [1.165, 1.54) is 5.56 Å². The minimum absolute atomic E-state index is 0.102. The van der Waals surface area contributed by atoms with Crippen LogP contribution in [0.4, 0.5) is 5.69 Å². The van der Waals surface area contributed by atoms with Crippen LogP contribution >= 0.6 is 0 Å². The molecule has 31 heavy (non-hydrogen) atoms. The molecule has 4 rings (SSSR count). The topological polar surface area (TPSA) is 70.2 Å². The summed E-state index contributed by atoms with van der Waals surface area (Å²) in [4.78, 5) is 42.4. The number of anilines is 1. The summed E-state index contributed by atoms with van der Waals surface area (Å²) in [7, 11) is 0. The Kier molecular flexibility index (Phi) is 6.62. The fourth-order valence-corrected chi connectivity index (χ4v) is 4.00. The van der Waals surface area contributed by atoms with Crippen LogP contribution in [0.2, 0.25) is 0 Å². The van der Waals surface area contributed by atoms with Gasteiger partial charge in [0.25, 0.3) is 5.91 Å². The first-order valence-corrected chi connectivity index (χ1v) is 10.7. The first kappa shape index (κ1) is 21.1. The van der Waals surface area contributed by atoms with Crippen molar-refractivity contribution in [1.82, 2.24) is 9.80 Å². The molecule has 162 valence electrons. The number of carbonyl (C=O) groups is 3. The van der Waals surface area contributed by atoms with Gasteiger partial charge in [0.1, 0.15) is 0 Å². The van der Waals surface area contributed by atoms with Crippen molar-refractivity contribution >= 4 is 23.5 Å². The highest BCUT2D eigenvalue weighted by Gasteiger charge is 2.23. The normalized spacial score (nSPS) is 17.1. The number of rotatable bonds is 6. The van der Waals surface area contributed by atoms with Crippen molar-refractivity contribution in [2.45, 2.75) is 19.4 Å². The van der Waals surface area contributed by atoms with Crippen LogP contribution < -0.4 is 4.90 Å². The summed E-state index contributed by atoms with van der Waals surface area (Å²) in [5.74, 6) is -0.604. The zero-order chi connectivity index (χ0) is 21.6. The molecule has 2 aliphatic rings. The van der Waals surface area contributed by atoms with E-state index in [0.717, 1.165) is 31.7 Å². The average molecular weight is 421 g/mol. The van der Waals surface area contributed by atoms with E-state index < -0.39 is 5.97 Å². The summed E-state index contributed by atoms with van der Waals surface area (Å²) in [6, 6.07) is 17.0. The van der Waals surface area contributed by atoms with Gasteiger partial charge in [-0.1, -0.05) is 30.3 Å². The third-order valence-electron chi connectivity index (χ3n) is 5.79. The lowest BCUT2D eigenvalue weighted by Gasteiger charge is -2.34. The quantitative estimate of drug-likeness (QED) is 0.670. The Morgan fingerprint density at radius 1 is 0.871 bits per heavy atom. The second-order valence-corrected chi connectivity index (χ2v) is 7.91. The Bertz CT molecular complexity index is 922. The van der Waals surface area contributed by atoms with E-state index in [2.05, 4.69) is 17.0 Å². The van der Waals surface area contributed by atoms with E-state index in [1.807, 2.05) is 18.2 Å². The maximum absolute atomic E-state index is 12.4. The van der Waals surface area contributed by atoms with Crippen LogP contribution in [0.5, 0.6) is 0 Å². The van der Waals surface area contributed by atoms with Crippen molar-refractivity contribution in [3.8, 4) is 0 Å². The lowest BCUT2D eigenvalue weighted by Crippen LogP contribution is -2.49. The smallest absolute Gasteiger partial charge is 0.338 e. The SMILES string of the molecule is O=C(OCC(=O)N1CCN(Cc2ccccc2)CC1)c1ccc(N2CCCC2=O)cc1. The van der Waals surface area contributed by atoms with Gasteiger partial charge in [-0.3, -0.25) is 14.5 Å². The van der Waals surface area contributed by atoms with Crippen LogP contribution in [0.25, 0.3) is 0 Å². The van der Waals surface area contributed by atoms with Crippen LogP contribution in [0.15, 0.2) is 54.6 Å². The minimum atomic E-state index is -0.532. The van der Waals surface area contributed by atoms with E-state index in [1.54, 1.807) is 34.1 Å². The highest BCUT2D eigenvalue weighted by molar-refractivity contribution is 5.96. The van der Waals surface area contributed by atoms with Gasteiger partial charge in [0, 0.05) is 51.4 Å². The minimum Gasteiger partial charge on any atom is -0.452 e. The van der Waals surface area contributed by atoms with Crippen molar-refractivity contribution in [2.24, 2.45) is 0 Å². The second kappa shape index (κ2) is 9.75. The van der Waals surface area contributed by atoms with Crippen LogP contribution in [-0.2, 0) is 20.9 Å². The lowest BCUT2D eigenvalue weighted by atomic mass is 10.2. The van der Waals surface area contributed by atoms with E-state index in [9.17, 15) is 14.4 Å². The molecule has 2 saturated heterocycles. The molecule has 0 aliphatic carbocycles. The first-order chi connectivity index (χ1) is 15.1. The average Bonchev–Trinajstić information content (AvgIpc) is 3.24. The molecule has 2 fully saturated rings. The largest absolute Gasteiger partial charge is 0.452 e. The Labute approximate surface area is 182 Å². The van der Waals surface area contributed by atoms with Crippen LogP contribution in [0, 0.1) is 0 Å². The molecule has 2 aliphatic heterocycles. The van der Waals surface area contributed by atoms with E-state index in [0.29, 0.717) is 31.6 Å². The molecule has 0 aromatic heterocycles. The third kappa shape index (κ3) is 5.30. The van der Waals surface area contributed by atoms with Crippen molar-refractivity contribution in [1.29, 1.82) is 0 Å². The second-order valence-electron chi connectivity index (χ2n) is 7.91. The molecule has 0 N–H and O–H groups in total. The van der Waals surface area contributed by atoms with Gasteiger partial charge >= 0.3 is 5.97 Å². The number of nitrogens with zero attached hydrogens (tertiary/aromatic N) is 3. The van der Waals surface area contributed by atoms with Gasteiger partial charge in [-0.2, -0.15) is 0 Å². The van der Waals surface area contributed by atoms with Gasteiger partial charge in [0.2, 0.25) is 5.91 Å². The predicted octanol–water partition coefficient (Wildman–Crippen LogP) is 2.31. The summed E-state index contributed by atoms with van der Waals surface area (Å²) in [6.07, 6.45) is 1.41. The van der Waals surface area contributed by atoms with E-state index >= 15 is 0 Å². The zero-order valence-corrected chi connectivity index (χ0v) is 17.5. The summed E-state index contributed by atoms with van der Waals surface area (Å²) < 4.78 is 5.23. The van der Waals surface area contributed by atoms with Crippen LogP contribution in [0.1, 0.15) is 28.8 Å². The monoisotopic (exact) mass is 421 g/mol. The zero-order valence-electron chi connectivity index (χ0n) is 17.5. The number of benzene rings is 2. The van der Waals surface area contributed by atoms with Gasteiger partial charge in [-0.05, 0) is 36.2 Å². The van der Waals surface area contributed by atoms with Crippen molar-refractivity contribution in [2.75, 3.05) is 44.2 Å². The highest BCUT2D eigenvalue weighted by Crippen LogP contribution is 2.21. The molecule has 0 atom stereocenters. The number of esters is 1. The predicted molar refractivity (Wildman–Crippen MR) is 117 cm³/mol. The number of hydrogen-bond acceptors (Lipinski definition) is 5. The van der Waals surface area contributed by atoms with Gasteiger partial charge in [0.05, 0.1) is 5.56 Å². The summed E-state index contributed by atoms with van der Waals surface area (Å²) in [6.45, 7) is 4.16. The highest BCUT2D eigenvalue weighted by atomic mass is 16.5. The van der Waals surface area contributed by atoms with E-state index in [4.69, 9.17) is 4.74 Å². The molecule has 2 aromatic rings. The number of carbonyl (C=O) groups excluding carboxylic acids is 3. The summed E-state index contributed by atoms with van der Waals surface area (Å²) in [5.41, 5.74) is 2.41. The van der Waals surface area contributed by atoms with Crippen molar-refractivity contribution in [3.63, 3.8) is 0 Å².